The molecular weight excluding hydrogens is 175 g/mol. The Morgan fingerprint density at radius 3 is 2.21 bits per heavy atom. The van der Waals surface area contributed by atoms with Crippen molar-refractivity contribution in [2.24, 2.45) is 11.3 Å². The third-order valence-corrected chi connectivity index (χ3v) is 2.04. The van der Waals surface area contributed by atoms with E-state index in [-0.39, 0.29) is 5.41 Å². The molecule has 0 aromatic heterocycles. The molecular formula is C13H23F. The average molecular weight is 198 g/mol. The van der Waals surface area contributed by atoms with Gasteiger partial charge in [0.25, 0.3) is 0 Å². The Bertz CT molecular complexity index is 199. The topological polar surface area (TPSA) is 0 Å². The highest BCUT2D eigenvalue weighted by Crippen LogP contribution is 2.26. The normalized spacial score (nSPS) is 15.9. The second-order valence-electron chi connectivity index (χ2n) is 4.84. The molecule has 0 fully saturated rings. The molecule has 0 nitrogen and oxygen atoms in total. The minimum atomic E-state index is -0.830. The molecule has 82 valence electrons. The number of rotatable bonds is 5. The van der Waals surface area contributed by atoms with Gasteiger partial charge in [0.05, 0.1) is 0 Å². The summed E-state index contributed by atoms with van der Waals surface area (Å²) in [6.45, 7) is 10.2. The smallest absolute Gasteiger partial charge is 0.119 e. The molecule has 0 N–H and O–H groups in total. The van der Waals surface area contributed by atoms with Crippen molar-refractivity contribution < 1.29 is 4.39 Å². The van der Waals surface area contributed by atoms with E-state index in [1.807, 2.05) is 19.1 Å². The van der Waals surface area contributed by atoms with Gasteiger partial charge in [-0.15, -0.1) is 0 Å². The molecule has 1 atom stereocenters. The predicted octanol–water partition coefficient (Wildman–Crippen LogP) is 4.53. The van der Waals surface area contributed by atoms with Crippen molar-refractivity contribution in [2.75, 3.05) is 0 Å². The highest BCUT2D eigenvalue weighted by atomic mass is 19.1. The maximum atomic E-state index is 13.5. The number of hydrogen-bond acceptors (Lipinski definition) is 0. The quantitative estimate of drug-likeness (QED) is 0.569. The zero-order chi connectivity index (χ0) is 11.2. The minimum Gasteiger partial charge on any atom is -0.243 e. The highest BCUT2D eigenvalue weighted by molar-refractivity contribution is 4.99. The number of hydrogen-bond donors (Lipinski definition) is 0. The fraction of sp³-hybridized carbons (Fsp3) is 0.692. The minimum absolute atomic E-state index is 0.0461. The number of alkyl halides is 1. The van der Waals surface area contributed by atoms with E-state index < -0.39 is 6.17 Å². The van der Waals surface area contributed by atoms with Crippen LogP contribution in [-0.2, 0) is 0 Å². The van der Waals surface area contributed by atoms with Gasteiger partial charge in [0.2, 0.25) is 0 Å². The molecule has 0 aliphatic rings. The van der Waals surface area contributed by atoms with E-state index in [2.05, 4.69) is 33.8 Å². The van der Waals surface area contributed by atoms with Crippen LogP contribution < -0.4 is 0 Å². The van der Waals surface area contributed by atoms with Crippen LogP contribution in [0.2, 0.25) is 0 Å². The lowest BCUT2D eigenvalue weighted by Crippen LogP contribution is -2.13. The first-order valence-corrected chi connectivity index (χ1v) is 5.33. The van der Waals surface area contributed by atoms with Crippen LogP contribution in [0.25, 0.3) is 0 Å². The molecule has 0 aliphatic heterocycles. The molecule has 0 heterocycles. The van der Waals surface area contributed by atoms with E-state index in [0.717, 1.165) is 0 Å². The lowest BCUT2D eigenvalue weighted by Gasteiger charge is -2.21. The van der Waals surface area contributed by atoms with Crippen molar-refractivity contribution >= 4 is 0 Å². The van der Waals surface area contributed by atoms with E-state index in [4.69, 9.17) is 0 Å². The van der Waals surface area contributed by atoms with Gasteiger partial charge in [-0.3, -0.25) is 0 Å². The van der Waals surface area contributed by atoms with Crippen molar-refractivity contribution in [3.8, 4) is 0 Å². The van der Waals surface area contributed by atoms with Gasteiger partial charge in [0.15, 0.2) is 0 Å². The summed E-state index contributed by atoms with van der Waals surface area (Å²) >= 11 is 0. The Morgan fingerprint density at radius 2 is 1.79 bits per heavy atom. The third kappa shape index (κ3) is 6.88. The van der Waals surface area contributed by atoms with Crippen molar-refractivity contribution in [1.82, 2.24) is 0 Å². The van der Waals surface area contributed by atoms with E-state index in [9.17, 15) is 4.39 Å². The Balaban J connectivity index is 4.11. The standard InChI is InChI=1S/C13H23F/c1-6-9-13(4,5)10-12(14)8-7-11(2)3/h6-9,11-12H,10H2,1-5H3/b8-7-,9-6-. The van der Waals surface area contributed by atoms with Gasteiger partial charge < -0.3 is 0 Å². The summed E-state index contributed by atoms with van der Waals surface area (Å²) < 4.78 is 13.5. The van der Waals surface area contributed by atoms with Gasteiger partial charge in [-0.05, 0) is 24.7 Å². The maximum Gasteiger partial charge on any atom is 0.119 e. The van der Waals surface area contributed by atoms with Crippen LogP contribution in [0.5, 0.6) is 0 Å². The maximum absolute atomic E-state index is 13.5. The summed E-state index contributed by atoms with van der Waals surface area (Å²) in [5.41, 5.74) is -0.0461. The summed E-state index contributed by atoms with van der Waals surface area (Å²) in [6.07, 6.45) is 7.37. The first-order valence-electron chi connectivity index (χ1n) is 5.33. The summed E-state index contributed by atoms with van der Waals surface area (Å²) in [7, 11) is 0. The lowest BCUT2D eigenvalue weighted by molar-refractivity contribution is 0.289. The van der Waals surface area contributed by atoms with Crippen LogP contribution in [0.15, 0.2) is 24.3 Å². The van der Waals surface area contributed by atoms with Crippen LogP contribution in [-0.4, -0.2) is 6.17 Å². The average Bonchev–Trinajstić information content (AvgIpc) is 1.99. The molecule has 0 bridgehead atoms. The van der Waals surface area contributed by atoms with E-state index in [1.54, 1.807) is 6.08 Å². The second-order valence-corrected chi connectivity index (χ2v) is 4.84. The van der Waals surface area contributed by atoms with Crippen molar-refractivity contribution in [1.29, 1.82) is 0 Å². The van der Waals surface area contributed by atoms with Gasteiger partial charge in [-0.2, -0.15) is 0 Å². The van der Waals surface area contributed by atoms with Crippen LogP contribution in [0.1, 0.15) is 41.0 Å². The summed E-state index contributed by atoms with van der Waals surface area (Å²) in [5, 5.41) is 0. The molecule has 0 saturated heterocycles. The Kier molecular flexibility index (Phi) is 5.75. The van der Waals surface area contributed by atoms with Gasteiger partial charge in [-0.1, -0.05) is 52.0 Å². The van der Waals surface area contributed by atoms with Crippen LogP contribution >= 0.6 is 0 Å². The van der Waals surface area contributed by atoms with E-state index in [0.29, 0.717) is 12.3 Å². The molecule has 0 radical (unpaired) electrons. The van der Waals surface area contributed by atoms with Crippen molar-refractivity contribution in [3.05, 3.63) is 24.3 Å². The Hall–Kier alpha value is -0.590. The Morgan fingerprint density at radius 1 is 1.21 bits per heavy atom. The first kappa shape index (κ1) is 13.4. The van der Waals surface area contributed by atoms with Crippen LogP contribution in [0.3, 0.4) is 0 Å². The first-order chi connectivity index (χ1) is 6.37. The van der Waals surface area contributed by atoms with Crippen LogP contribution in [0.4, 0.5) is 4.39 Å². The van der Waals surface area contributed by atoms with Gasteiger partial charge in [0.1, 0.15) is 6.17 Å². The van der Waals surface area contributed by atoms with E-state index in [1.165, 1.54) is 0 Å². The molecule has 0 aromatic rings. The molecule has 1 unspecified atom stereocenters. The van der Waals surface area contributed by atoms with Gasteiger partial charge >= 0.3 is 0 Å². The molecule has 1 heteroatoms. The lowest BCUT2D eigenvalue weighted by atomic mass is 9.86. The van der Waals surface area contributed by atoms with Crippen molar-refractivity contribution in [3.63, 3.8) is 0 Å². The zero-order valence-electron chi connectivity index (χ0n) is 10.0. The fourth-order valence-electron chi connectivity index (χ4n) is 1.43. The molecule has 0 spiro atoms. The SMILES string of the molecule is C/C=C\C(C)(C)CC(F)/C=C\C(C)C. The highest BCUT2D eigenvalue weighted by Gasteiger charge is 2.18. The van der Waals surface area contributed by atoms with Gasteiger partial charge in [-0.25, -0.2) is 4.39 Å². The Labute approximate surface area is 87.9 Å². The largest absolute Gasteiger partial charge is 0.243 e. The van der Waals surface area contributed by atoms with E-state index >= 15 is 0 Å². The fourth-order valence-corrected chi connectivity index (χ4v) is 1.43. The summed E-state index contributed by atoms with van der Waals surface area (Å²) in [6, 6.07) is 0. The second kappa shape index (κ2) is 6.00. The van der Waals surface area contributed by atoms with Gasteiger partial charge in [0, 0.05) is 0 Å². The summed E-state index contributed by atoms with van der Waals surface area (Å²) in [4.78, 5) is 0. The zero-order valence-corrected chi connectivity index (χ0v) is 10.0. The molecule has 0 rings (SSSR count). The molecule has 14 heavy (non-hydrogen) atoms. The monoisotopic (exact) mass is 198 g/mol. The molecule has 0 aliphatic carbocycles. The third-order valence-electron chi connectivity index (χ3n) is 2.04. The number of halogens is 1. The predicted molar refractivity (Wildman–Crippen MR) is 62.1 cm³/mol. The summed E-state index contributed by atoms with van der Waals surface area (Å²) in [5.74, 6) is 0.429. The van der Waals surface area contributed by atoms with Crippen molar-refractivity contribution in [2.45, 2.75) is 47.2 Å². The molecule has 0 aromatic carbocycles. The molecule has 0 saturated carbocycles. The number of allylic oxidation sites excluding steroid dienone is 4. The molecule has 0 amide bonds. The van der Waals surface area contributed by atoms with Crippen LogP contribution in [0, 0.1) is 11.3 Å².